The van der Waals surface area contributed by atoms with Gasteiger partial charge < -0.3 is 14.0 Å². The molecule has 0 radical (unpaired) electrons. The standard InChI is InChI=1S/C22H24N2O5S2/c1-3-9-24-17-13-18-19(29-11-10-28-18)14-20(17)30-22(24)23-21(25)8-12-31(26,27)16-6-4-15(2)5-7-16/h4-7,13-14H,3,8-12H2,1-2H3. The summed E-state index contributed by atoms with van der Waals surface area (Å²) in [7, 11) is -3.54. The first-order valence-corrected chi connectivity index (χ1v) is 12.6. The van der Waals surface area contributed by atoms with Crippen LogP contribution >= 0.6 is 11.3 Å². The number of carbonyl (C=O) groups is 1. The topological polar surface area (TPSA) is 87.0 Å². The SMILES string of the molecule is CCCn1c(=NC(=O)CCS(=O)(=O)c2ccc(C)cc2)sc2cc3c(cc21)OCCO3. The van der Waals surface area contributed by atoms with E-state index in [4.69, 9.17) is 9.47 Å². The second-order valence-electron chi connectivity index (χ2n) is 7.39. The summed E-state index contributed by atoms with van der Waals surface area (Å²) in [5, 5.41) is 0. The number of carbonyl (C=O) groups excluding carboxylic acids is 1. The summed E-state index contributed by atoms with van der Waals surface area (Å²) < 4.78 is 39.3. The summed E-state index contributed by atoms with van der Waals surface area (Å²) in [5.74, 6) is 0.645. The van der Waals surface area contributed by atoms with Gasteiger partial charge in [-0.15, -0.1) is 0 Å². The van der Waals surface area contributed by atoms with Gasteiger partial charge in [-0.05, 0) is 25.5 Å². The Hall–Kier alpha value is -2.65. The maximum absolute atomic E-state index is 12.5. The normalized spacial score (nSPS) is 14.2. The van der Waals surface area contributed by atoms with Gasteiger partial charge in [-0.2, -0.15) is 4.99 Å². The Bertz CT molecular complexity index is 1290. The average molecular weight is 461 g/mol. The molecule has 0 N–H and O–H groups in total. The maximum atomic E-state index is 12.5. The lowest BCUT2D eigenvalue weighted by Gasteiger charge is -2.18. The second kappa shape index (κ2) is 8.84. The fourth-order valence-electron chi connectivity index (χ4n) is 3.38. The van der Waals surface area contributed by atoms with Gasteiger partial charge in [-0.1, -0.05) is 36.0 Å². The summed E-state index contributed by atoms with van der Waals surface area (Å²) in [4.78, 5) is 17.6. The van der Waals surface area contributed by atoms with Crippen LogP contribution < -0.4 is 14.3 Å². The molecule has 1 aromatic heterocycles. The van der Waals surface area contributed by atoms with E-state index in [-0.39, 0.29) is 17.1 Å². The van der Waals surface area contributed by atoms with Crippen molar-refractivity contribution in [3.05, 3.63) is 46.8 Å². The smallest absolute Gasteiger partial charge is 0.249 e. The second-order valence-corrected chi connectivity index (χ2v) is 10.5. The minimum atomic E-state index is -3.54. The van der Waals surface area contributed by atoms with Crippen LogP contribution in [-0.4, -0.2) is 37.9 Å². The molecule has 0 spiro atoms. The lowest BCUT2D eigenvalue weighted by Crippen LogP contribution is -2.18. The summed E-state index contributed by atoms with van der Waals surface area (Å²) in [6.45, 7) is 5.64. The molecule has 1 aliphatic rings. The molecule has 164 valence electrons. The number of rotatable bonds is 6. The van der Waals surface area contributed by atoms with Crippen molar-refractivity contribution in [1.82, 2.24) is 4.57 Å². The van der Waals surface area contributed by atoms with Crippen molar-refractivity contribution >= 4 is 37.3 Å². The molecule has 4 rings (SSSR count). The van der Waals surface area contributed by atoms with Crippen molar-refractivity contribution in [1.29, 1.82) is 0 Å². The van der Waals surface area contributed by atoms with Crippen LogP contribution in [0.3, 0.4) is 0 Å². The van der Waals surface area contributed by atoms with Crippen molar-refractivity contribution in [2.75, 3.05) is 19.0 Å². The molecule has 3 aromatic rings. The third-order valence-corrected chi connectivity index (χ3v) is 7.75. The molecule has 2 aromatic carbocycles. The predicted molar refractivity (Wildman–Crippen MR) is 120 cm³/mol. The molecular weight excluding hydrogens is 436 g/mol. The number of fused-ring (bicyclic) bond motifs is 2. The van der Waals surface area contributed by atoms with Crippen LogP contribution in [0, 0.1) is 6.92 Å². The Labute approximate surface area is 184 Å². The highest BCUT2D eigenvalue weighted by Gasteiger charge is 2.18. The number of hydrogen-bond acceptors (Lipinski definition) is 6. The van der Waals surface area contributed by atoms with E-state index in [1.54, 1.807) is 24.3 Å². The summed E-state index contributed by atoms with van der Waals surface area (Å²) in [6.07, 6.45) is 0.697. The van der Waals surface area contributed by atoms with E-state index in [0.717, 1.165) is 22.2 Å². The molecule has 0 atom stereocenters. The van der Waals surface area contributed by atoms with Crippen LogP contribution in [0.15, 0.2) is 46.3 Å². The molecular formula is C22H24N2O5S2. The summed E-state index contributed by atoms with van der Waals surface area (Å²) in [6, 6.07) is 10.5. The van der Waals surface area contributed by atoms with Crippen molar-refractivity contribution in [2.45, 2.75) is 38.1 Å². The fraction of sp³-hybridized carbons (Fsp3) is 0.364. The van der Waals surface area contributed by atoms with Crippen molar-refractivity contribution in [3.63, 3.8) is 0 Å². The van der Waals surface area contributed by atoms with Gasteiger partial charge in [-0.3, -0.25) is 4.79 Å². The molecule has 31 heavy (non-hydrogen) atoms. The zero-order valence-corrected chi connectivity index (χ0v) is 19.1. The number of aromatic nitrogens is 1. The zero-order valence-electron chi connectivity index (χ0n) is 17.5. The fourth-order valence-corrected chi connectivity index (χ4v) is 5.69. The van der Waals surface area contributed by atoms with E-state index in [2.05, 4.69) is 4.99 Å². The van der Waals surface area contributed by atoms with E-state index in [1.165, 1.54) is 11.3 Å². The largest absolute Gasteiger partial charge is 0.486 e. The summed E-state index contributed by atoms with van der Waals surface area (Å²) >= 11 is 1.39. The number of sulfone groups is 1. The van der Waals surface area contributed by atoms with Gasteiger partial charge in [-0.25, -0.2) is 8.42 Å². The van der Waals surface area contributed by atoms with Crippen LogP contribution in [0.5, 0.6) is 11.5 Å². The highest BCUT2D eigenvalue weighted by Crippen LogP contribution is 2.35. The van der Waals surface area contributed by atoms with Crippen molar-refractivity contribution in [2.24, 2.45) is 4.99 Å². The van der Waals surface area contributed by atoms with Gasteiger partial charge in [0, 0.05) is 25.1 Å². The van der Waals surface area contributed by atoms with E-state index < -0.39 is 15.7 Å². The van der Waals surface area contributed by atoms with E-state index in [1.807, 2.05) is 30.5 Å². The van der Waals surface area contributed by atoms with Gasteiger partial charge in [0.2, 0.25) is 5.91 Å². The molecule has 1 aliphatic heterocycles. The first-order chi connectivity index (χ1) is 14.9. The van der Waals surface area contributed by atoms with Crippen LogP contribution in [0.1, 0.15) is 25.3 Å². The first-order valence-electron chi connectivity index (χ1n) is 10.2. The molecule has 0 unspecified atom stereocenters. The van der Waals surface area contributed by atoms with Crippen LogP contribution in [0.4, 0.5) is 0 Å². The van der Waals surface area contributed by atoms with Gasteiger partial charge in [0.25, 0.3) is 0 Å². The average Bonchev–Trinajstić information content (AvgIpc) is 3.07. The van der Waals surface area contributed by atoms with Gasteiger partial charge in [0.1, 0.15) is 13.2 Å². The minimum absolute atomic E-state index is 0.167. The van der Waals surface area contributed by atoms with Gasteiger partial charge >= 0.3 is 0 Å². The number of hydrogen-bond donors (Lipinski definition) is 0. The predicted octanol–water partition coefficient (Wildman–Crippen LogP) is 3.48. The Morgan fingerprint density at radius 1 is 1.13 bits per heavy atom. The number of amides is 1. The Morgan fingerprint density at radius 2 is 1.81 bits per heavy atom. The molecule has 1 amide bonds. The number of ether oxygens (including phenoxy) is 2. The van der Waals surface area contributed by atoms with Crippen molar-refractivity contribution < 1.29 is 22.7 Å². The molecule has 7 nitrogen and oxygen atoms in total. The molecule has 0 aliphatic carbocycles. The Morgan fingerprint density at radius 3 is 2.48 bits per heavy atom. The monoisotopic (exact) mass is 460 g/mol. The maximum Gasteiger partial charge on any atom is 0.249 e. The molecule has 0 fully saturated rings. The molecule has 9 heteroatoms. The quantitative estimate of drug-likeness (QED) is 0.562. The Kier molecular flexibility index (Phi) is 6.15. The number of aryl methyl sites for hydroxylation is 2. The number of benzene rings is 2. The van der Waals surface area contributed by atoms with Crippen LogP contribution in [-0.2, 0) is 21.2 Å². The lowest BCUT2D eigenvalue weighted by molar-refractivity contribution is -0.117. The minimum Gasteiger partial charge on any atom is -0.486 e. The van der Waals surface area contributed by atoms with Crippen molar-refractivity contribution in [3.8, 4) is 11.5 Å². The molecule has 2 heterocycles. The lowest BCUT2D eigenvalue weighted by atomic mass is 10.2. The van der Waals surface area contributed by atoms with E-state index >= 15 is 0 Å². The molecule has 0 saturated heterocycles. The van der Waals surface area contributed by atoms with E-state index in [0.29, 0.717) is 36.1 Å². The van der Waals surface area contributed by atoms with Crippen LogP contribution in [0.25, 0.3) is 10.2 Å². The van der Waals surface area contributed by atoms with Gasteiger partial charge in [0.15, 0.2) is 26.1 Å². The zero-order chi connectivity index (χ0) is 22.0. The summed E-state index contributed by atoms with van der Waals surface area (Å²) in [5.41, 5.74) is 1.91. The highest BCUT2D eigenvalue weighted by molar-refractivity contribution is 7.91. The molecule has 0 saturated carbocycles. The third kappa shape index (κ3) is 4.67. The Balaban J connectivity index is 1.61. The van der Waals surface area contributed by atoms with E-state index in [9.17, 15) is 13.2 Å². The number of thiazole rings is 1. The third-order valence-electron chi connectivity index (χ3n) is 4.98. The van der Waals surface area contributed by atoms with Crippen LogP contribution in [0.2, 0.25) is 0 Å². The first kappa shape index (κ1) is 21.6. The highest BCUT2D eigenvalue weighted by atomic mass is 32.2. The number of nitrogens with zero attached hydrogens (tertiary/aromatic N) is 2. The van der Waals surface area contributed by atoms with Gasteiger partial charge in [0.05, 0.1) is 20.9 Å². The molecule has 0 bridgehead atoms.